The first kappa shape index (κ1) is 18.6. The summed E-state index contributed by atoms with van der Waals surface area (Å²) in [7, 11) is 0. The Bertz CT molecular complexity index is 941. The van der Waals surface area contributed by atoms with E-state index in [1.807, 2.05) is 24.3 Å². The predicted octanol–water partition coefficient (Wildman–Crippen LogP) is 1.98. The largest absolute Gasteiger partial charge is 0.368 e. The number of hydrogen-bond donors (Lipinski definition) is 2. The van der Waals surface area contributed by atoms with Crippen LogP contribution in [0, 0.1) is 5.82 Å². The lowest BCUT2D eigenvalue weighted by molar-refractivity contribution is -0.118. The summed E-state index contributed by atoms with van der Waals surface area (Å²) < 4.78 is 14.1. The molecule has 27 heavy (non-hydrogen) atoms. The standard InChI is InChI=1S/C18H16FN5O2S/c19-13-3-7-15(8-4-13)27-14-5-1-12(2-6-14)9-21-18(26)16-10-24(23-22-16)11-17(20)25/h1-8,10H,9,11H2,(H2,20,25)(H,21,26). The second kappa shape index (κ2) is 8.45. The highest BCUT2D eigenvalue weighted by Crippen LogP contribution is 2.27. The Morgan fingerprint density at radius 3 is 2.33 bits per heavy atom. The first-order chi connectivity index (χ1) is 13.0. The predicted molar refractivity (Wildman–Crippen MR) is 97.4 cm³/mol. The molecule has 0 unspecified atom stereocenters. The summed E-state index contributed by atoms with van der Waals surface area (Å²) in [6.07, 6.45) is 1.36. The van der Waals surface area contributed by atoms with Gasteiger partial charge in [-0.1, -0.05) is 29.1 Å². The van der Waals surface area contributed by atoms with E-state index >= 15 is 0 Å². The molecule has 7 nitrogen and oxygen atoms in total. The Morgan fingerprint density at radius 2 is 1.70 bits per heavy atom. The van der Waals surface area contributed by atoms with Crippen molar-refractivity contribution in [2.75, 3.05) is 0 Å². The number of nitrogens with one attached hydrogen (secondary N) is 1. The van der Waals surface area contributed by atoms with Crippen molar-refractivity contribution >= 4 is 23.6 Å². The van der Waals surface area contributed by atoms with Crippen molar-refractivity contribution in [1.82, 2.24) is 20.3 Å². The van der Waals surface area contributed by atoms with E-state index in [-0.39, 0.29) is 18.1 Å². The normalized spacial score (nSPS) is 10.6. The first-order valence-electron chi connectivity index (χ1n) is 7.98. The molecule has 1 heterocycles. The fraction of sp³-hybridized carbons (Fsp3) is 0.111. The Hall–Kier alpha value is -3.20. The van der Waals surface area contributed by atoms with Crippen molar-refractivity contribution in [1.29, 1.82) is 0 Å². The van der Waals surface area contributed by atoms with Gasteiger partial charge in [0, 0.05) is 16.3 Å². The van der Waals surface area contributed by atoms with Crippen LogP contribution in [0.2, 0.25) is 0 Å². The van der Waals surface area contributed by atoms with E-state index in [4.69, 9.17) is 5.73 Å². The third-order valence-corrected chi connectivity index (χ3v) is 4.53. The number of carbonyl (C=O) groups is 2. The summed E-state index contributed by atoms with van der Waals surface area (Å²) in [4.78, 5) is 24.9. The van der Waals surface area contributed by atoms with Crippen LogP contribution in [0.4, 0.5) is 4.39 Å². The summed E-state index contributed by atoms with van der Waals surface area (Å²) in [6, 6.07) is 13.9. The zero-order valence-corrected chi connectivity index (χ0v) is 14.9. The van der Waals surface area contributed by atoms with Crippen LogP contribution in [0.25, 0.3) is 0 Å². The molecule has 0 aliphatic rings. The van der Waals surface area contributed by atoms with E-state index in [2.05, 4.69) is 15.6 Å². The average molecular weight is 385 g/mol. The lowest BCUT2D eigenvalue weighted by Crippen LogP contribution is -2.23. The van der Waals surface area contributed by atoms with Crippen molar-refractivity contribution in [3.8, 4) is 0 Å². The van der Waals surface area contributed by atoms with Gasteiger partial charge in [-0.3, -0.25) is 9.59 Å². The van der Waals surface area contributed by atoms with Crippen LogP contribution < -0.4 is 11.1 Å². The molecule has 0 spiro atoms. The van der Waals surface area contributed by atoms with Gasteiger partial charge in [-0.2, -0.15) is 0 Å². The van der Waals surface area contributed by atoms with E-state index in [1.165, 1.54) is 34.8 Å². The van der Waals surface area contributed by atoms with E-state index in [9.17, 15) is 14.0 Å². The highest BCUT2D eigenvalue weighted by Gasteiger charge is 2.11. The number of amides is 2. The Balaban J connectivity index is 1.53. The monoisotopic (exact) mass is 385 g/mol. The highest BCUT2D eigenvalue weighted by molar-refractivity contribution is 7.99. The summed E-state index contributed by atoms with van der Waals surface area (Å²) in [6.45, 7) is 0.191. The van der Waals surface area contributed by atoms with E-state index < -0.39 is 11.8 Å². The van der Waals surface area contributed by atoms with Crippen LogP contribution in [0.3, 0.4) is 0 Å². The van der Waals surface area contributed by atoms with Gasteiger partial charge < -0.3 is 11.1 Å². The van der Waals surface area contributed by atoms with Gasteiger partial charge in [0.1, 0.15) is 12.4 Å². The zero-order chi connectivity index (χ0) is 19.2. The minimum atomic E-state index is -0.564. The number of nitrogens with zero attached hydrogens (tertiary/aromatic N) is 3. The molecule has 0 saturated heterocycles. The highest BCUT2D eigenvalue weighted by atomic mass is 32.2. The fourth-order valence-electron chi connectivity index (χ4n) is 2.23. The molecule has 3 N–H and O–H groups in total. The Kier molecular flexibility index (Phi) is 5.82. The lowest BCUT2D eigenvalue weighted by atomic mass is 10.2. The average Bonchev–Trinajstić information content (AvgIpc) is 3.10. The number of halogens is 1. The zero-order valence-electron chi connectivity index (χ0n) is 14.1. The van der Waals surface area contributed by atoms with Crippen LogP contribution in [0.1, 0.15) is 16.1 Å². The van der Waals surface area contributed by atoms with Gasteiger partial charge in [-0.15, -0.1) is 5.10 Å². The third kappa shape index (κ3) is 5.38. The molecule has 1 aromatic heterocycles. The molecule has 9 heteroatoms. The quantitative estimate of drug-likeness (QED) is 0.647. The summed E-state index contributed by atoms with van der Waals surface area (Å²) in [5, 5.41) is 10.1. The van der Waals surface area contributed by atoms with Gasteiger partial charge in [0.25, 0.3) is 5.91 Å². The maximum absolute atomic E-state index is 12.9. The van der Waals surface area contributed by atoms with Gasteiger partial charge in [-0.05, 0) is 42.0 Å². The fourth-order valence-corrected chi connectivity index (χ4v) is 3.04. The van der Waals surface area contributed by atoms with Gasteiger partial charge in [0.15, 0.2) is 5.69 Å². The van der Waals surface area contributed by atoms with Crippen molar-refractivity contribution < 1.29 is 14.0 Å². The van der Waals surface area contributed by atoms with E-state index in [1.54, 1.807) is 12.1 Å². The van der Waals surface area contributed by atoms with Crippen molar-refractivity contribution in [3.05, 3.63) is 71.8 Å². The number of nitrogens with two attached hydrogens (primary N) is 1. The summed E-state index contributed by atoms with van der Waals surface area (Å²) in [5.41, 5.74) is 6.09. The van der Waals surface area contributed by atoms with Gasteiger partial charge in [0.05, 0.1) is 6.20 Å². The number of carbonyl (C=O) groups excluding carboxylic acids is 2. The minimum Gasteiger partial charge on any atom is -0.368 e. The Labute approximate surface area is 158 Å². The van der Waals surface area contributed by atoms with Crippen molar-refractivity contribution in [2.24, 2.45) is 5.73 Å². The molecule has 138 valence electrons. The summed E-state index contributed by atoms with van der Waals surface area (Å²) >= 11 is 1.52. The third-order valence-electron chi connectivity index (χ3n) is 3.51. The van der Waals surface area contributed by atoms with Gasteiger partial charge in [-0.25, -0.2) is 9.07 Å². The second-order valence-corrected chi connectivity index (χ2v) is 6.80. The SMILES string of the molecule is NC(=O)Cn1cc(C(=O)NCc2ccc(Sc3ccc(F)cc3)cc2)nn1. The topological polar surface area (TPSA) is 103 Å². The molecule has 2 amide bonds. The lowest BCUT2D eigenvalue weighted by Gasteiger charge is -2.05. The molecule has 0 bridgehead atoms. The molecule has 2 aromatic carbocycles. The summed E-state index contributed by atoms with van der Waals surface area (Å²) in [5.74, 6) is -1.22. The molecular formula is C18H16FN5O2S. The molecule has 0 aliphatic carbocycles. The van der Waals surface area contributed by atoms with Crippen LogP contribution in [0.15, 0.2) is 64.5 Å². The minimum absolute atomic E-state index is 0.111. The molecule has 3 rings (SSSR count). The van der Waals surface area contributed by atoms with Crippen molar-refractivity contribution in [3.63, 3.8) is 0 Å². The smallest absolute Gasteiger partial charge is 0.273 e. The van der Waals surface area contributed by atoms with Crippen LogP contribution >= 0.6 is 11.8 Å². The number of hydrogen-bond acceptors (Lipinski definition) is 5. The molecule has 0 saturated carbocycles. The van der Waals surface area contributed by atoms with Gasteiger partial charge in [0.2, 0.25) is 5.91 Å². The maximum Gasteiger partial charge on any atom is 0.273 e. The maximum atomic E-state index is 12.9. The first-order valence-corrected chi connectivity index (χ1v) is 8.80. The molecule has 3 aromatic rings. The molecule has 0 atom stereocenters. The Morgan fingerprint density at radius 1 is 1.07 bits per heavy atom. The van der Waals surface area contributed by atoms with Crippen LogP contribution in [0.5, 0.6) is 0 Å². The molecule has 0 aliphatic heterocycles. The molecule has 0 fully saturated rings. The van der Waals surface area contributed by atoms with Crippen molar-refractivity contribution in [2.45, 2.75) is 22.9 Å². The van der Waals surface area contributed by atoms with E-state index in [0.29, 0.717) is 6.54 Å². The van der Waals surface area contributed by atoms with E-state index in [0.717, 1.165) is 15.4 Å². The molecular weight excluding hydrogens is 369 g/mol. The van der Waals surface area contributed by atoms with Crippen LogP contribution in [-0.4, -0.2) is 26.8 Å². The number of rotatable bonds is 7. The van der Waals surface area contributed by atoms with Crippen LogP contribution in [-0.2, 0) is 17.9 Å². The molecule has 0 radical (unpaired) electrons. The number of primary amides is 1. The number of benzene rings is 2. The number of aromatic nitrogens is 3. The van der Waals surface area contributed by atoms with Gasteiger partial charge >= 0.3 is 0 Å². The second-order valence-electron chi connectivity index (χ2n) is 5.65.